The quantitative estimate of drug-likeness (QED) is 0.419. The highest BCUT2D eigenvalue weighted by Gasteiger charge is 2.46. The SMILES string of the molecule is CC1=C([Si](C)(C)C2C(c3ccc(C)o3)=Cc3c2cccc3[Si](C)(C)C)CC(C(C)(C)C)=C1. The molecule has 4 rings (SSSR count). The number of benzene rings is 1. The van der Waals surface area contributed by atoms with Crippen LogP contribution in [0.25, 0.3) is 11.6 Å². The van der Waals surface area contributed by atoms with Crippen molar-refractivity contribution in [3.63, 3.8) is 0 Å². The lowest BCUT2D eigenvalue weighted by atomic mass is 9.86. The van der Waals surface area contributed by atoms with E-state index in [-0.39, 0.29) is 5.41 Å². The van der Waals surface area contributed by atoms with E-state index in [1.165, 1.54) is 22.3 Å². The third kappa shape index (κ3) is 3.88. The molecular formula is C29H40OSi2. The summed E-state index contributed by atoms with van der Waals surface area (Å²) in [6.07, 6.45) is 6.11. The first kappa shape index (κ1) is 23.3. The van der Waals surface area contributed by atoms with Gasteiger partial charge in [-0.2, -0.15) is 0 Å². The molecule has 1 aromatic heterocycles. The van der Waals surface area contributed by atoms with Crippen LogP contribution in [0.2, 0.25) is 32.7 Å². The molecule has 2 aromatic rings. The van der Waals surface area contributed by atoms with E-state index in [1.807, 2.05) is 0 Å². The van der Waals surface area contributed by atoms with Crippen LogP contribution < -0.4 is 5.19 Å². The van der Waals surface area contributed by atoms with Crippen molar-refractivity contribution in [2.45, 2.75) is 79.3 Å². The summed E-state index contributed by atoms with van der Waals surface area (Å²) in [6, 6.07) is 11.4. The van der Waals surface area contributed by atoms with Crippen LogP contribution >= 0.6 is 0 Å². The fraction of sp³-hybridized carbons (Fsp3) is 0.448. The summed E-state index contributed by atoms with van der Waals surface area (Å²) in [5.74, 6) is 2.06. The van der Waals surface area contributed by atoms with Gasteiger partial charge in [-0.25, -0.2) is 0 Å². The average Bonchev–Trinajstić information content (AvgIpc) is 3.35. The second kappa shape index (κ2) is 7.60. The molecule has 3 heteroatoms. The van der Waals surface area contributed by atoms with Crippen LogP contribution in [0.1, 0.15) is 62.3 Å². The minimum Gasteiger partial charge on any atom is -0.462 e. The maximum atomic E-state index is 6.25. The number of fused-ring (bicyclic) bond motifs is 1. The number of aryl methyl sites for hydroxylation is 1. The number of hydrogen-bond acceptors (Lipinski definition) is 1. The van der Waals surface area contributed by atoms with Crippen molar-refractivity contribution in [2.75, 3.05) is 0 Å². The zero-order valence-corrected chi connectivity index (χ0v) is 23.7. The van der Waals surface area contributed by atoms with Crippen LogP contribution in [0.4, 0.5) is 0 Å². The van der Waals surface area contributed by atoms with Crippen LogP contribution in [0.5, 0.6) is 0 Å². The second-order valence-electron chi connectivity index (χ2n) is 12.5. The van der Waals surface area contributed by atoms with Gasteiger partial charge in [0.2, 0.25) is 0 Å². The highest BCUT2D eigenvalue weighted by atomic mass is 28.3. The van der Waals surface area contributed by atoms with Crippen molar-refractivity contribution in [3.05, 3.63) is 75.4 Å². The van der Waals surface area contributed by atoms with Crippen molar-refractivity contribution in [1.29, 1.82) is 0 Å². The van der Waals surface area contributed by atoms with Crippen molar-refractivity contribution < 1.29 is 4.42 Å². The standard InChI is InChI=1S/C29H40OSi2/c1-19-16-21(29(3,4)5)17-27(19)32(9,10)28-22-12-11-13-26(31(6,7)8)23(22)18-24(28)25-15-14-20(2)30-25/h11-16,18,28H,17H2,1-10H3. The maximum Gasteiger partial charge on any atom is 0.130 e. The molecule has 32 heavy (non-hydrogen) atoms. The van der Waals surface area contributed by atoms with E-state index in [9.17, 15) is 0 Å². The maximum absolute atomic E-state index is 6.25. The molecular weight excluding hydrogens is 420 g/mol. The Kier molecular flexibility index (Phi) is 5.54. The zero-order valence-electron chi connectivity index (χ0n) is 21.7. The van der Waals surface area contributed by atoms with Gasteiger partial charge in [-0.1, -0.05) is 99.3 Å². The van der Waals surface area contributed by atoms with E-state index in [1.54, 1.807) is 16.0 Å². The van der Waals surface area contributed by atoms with Gasteiger partial charge >= 0.3 is 0 Å². The summed E-state index contributed by atoms with van der Waals surface area (Å²) in [5.41, 5.74) is 8.17. The van der Waals surface area contributed by atoms with E-state index in [2.05, 4.69) is 110 Å². The molecule has 1 nitrogen and oxygen atoms in total. The fourth-order valence-corrected chi connectivity index (χ4v) is 11.5. The molecule has 0 amide bonds. The average molecular weight is 461 g/mol. The van der Waals surface area contributed by atoms with Crippen LogP contribution in [-0.2, 0) is 0 Å². The topological polar surface area (TPSA) is 13.1 Å². The minimum atomic E-state index is -1.88. The third-order valence-electron chi connectivity index (χ3n) is 7.59. The van der Waals surface area contributed by atoms with Crippen molar-refractivity contribution in [3.8, 4) is 0 Å². The largest absolute Gasteiger partial charge is 0.462 e. The molecule has 0 radical (unpaired) electrons. The molecule has 170 valence electrons. The first-order chi connectivity index (χ1) is 14.7. The number of rotatable bonds is 4. The summed E-state index contributed by atoms with van der Waals surface area (Å²) >= 11 is 0. The van der Waals surface area contributed by atoms with Gasteiger partial charge in [0, 0.05) is 11.1 Å². The van der Waals surface area contributed by atoms with E-state index < -0.39 is 16.1 Å². The van der Waals surface area contributed by atoms with Crippen LogP contribution in [0.3, 0.4) is 0 Å². The number of allylic oxidation sites excluding steroid dienone is 5. The van der Waals surface area contributed by atoms with Crippen molar-refractivity contribution >= 4 is 33.0 Å². The Labute approximate surface area is 197 Å². The summed E-state index contributed by atoms with van der Waals surface area (Å²) in [5, 5.41) is 3.29. The van der Waals surface area contributed by atoms with Crippen LogP contribution in [-0.4, -0.2) is 16.1 Å². The Morgan fingerprint density at radius 3 is 2.12 bits per heavy atom. The summed E-state index contributed by atoms with van der Waals surface area (Å²) < 4.78 is 6.25. The molecule has 0 saturated carbocycles. The Bertz CT molecular complexity index is 1160. The predicted molar refractivity (Wildman–Crippen MR) is 146 cm³/mol. The van der Waals surface area contributed by atoms with E-state index in [0.717, 1.165) is 17.9 Å². The molecule has 1 unspecified atom stereocenters. The lowest BCUT2D eigenvalue weighted by Gasteiger charge is -2.36. The van der Waals surface area contributed by atoms with Gasteiger partial charge in [-0.3, -0.25) is 0 Å². The molecule has 0 fully saturated rings. The zero-order chi connectivity index (χ0) is 23.6. The molecule has 2 aliphatic carbocycles. The van der Waals surface area contributed by atoms with Crippen molar-refractivity contribution in [2.24, 2.45) is 5.41 Å². The predicted octanol–water partition coefficient (Wildman–Crippen LogP) is 8.25. The Hall–Kier alpha value is -1.85. The second-order valence-corrected chi connectivity index (χ2v) is 22.1. The molecule has 0 aliphatic heterocycles. The summed E-state index contributed by atoms with van der Waals surface area (Å²) in [4.78, 5) is 0. The molecule has 0 saturated heterocycles. The highest BCUT2D eigenvalue weighted by Crippen LogP contribution is 2.52. The Morgan fingerprint density at radius 1 is 0.906 bits per heavy atom. The van der Waals surface area contributed by atoms with Crippen molar-refractivity contribution in [1.82, 2.24) is 0 Å². The first-order valence-electron chi connectivity index (χ1n) is 12.0. The van der Waals surface area contributed by atoms with Gasteiger partial charge in [0.05, 0.1) is 16.1 Å². The number of hydrogen-bond donors (Lipinski definition) is 0. The van der Waals surface area contributed by atoms with Gasteiger partial charge < -0.3 is 4.42 Å². The molecule has 0 spiro atoms. The van der Waals surface area contributed by atoms with Gasteiger partial charge in [0.25, 0.3) is 0 Å². The van der Waals surface area contributed by atoms with E-state index in [0.29, 0.717) is 5.54 Å². The smallest absolute Gasteiger partial charge is 0.130 e. The molecule has 1 atom stereocenters. The molecule has 2 aliphatic rings. The molecule has 0 bridgehead atoms. The van der Waals surface area contributed by atoms with Crippen LogP contribution in [0.15, 0.2) is 57.2 Å². The van der Waals surface area contributed by atoms with Gasteiger partial charge in [-0.15, -0.1) is 0 Å². The monoisotopic (exact) mass is 460 g/mol. The van der Waals surface area contributed by atoms with E-state index >= 15 is 0 Å². The normalized spacial score (nSPS) is 19.4. The summed E-state index contributed by atoms with van der Waals surface area (Å²) in [7, 11) is -3.34. The highest BCUT2D eigenvalue weighted by molar-refractivity contribution is 6.90. The van der Waals surface area contributed by atoms with E-state index in [4.69, 9.17) is 4.42 Å². The van der Waals surface area contributed by atoms with Gasteiger partial charge in [0.15, 0.2) is 0 Å². The lowest BCUT2D eigenvalue weighted by molar-refractivity contribution is 0.495. The third-order valence-corrected chi connectivity index (χ3v) is 13.8. The van der Waals surface area contributed by atoms with Gasteiger partial charge in [-0.05, 0) is 55.0 Å². The number of furan rings is 1. The Morgan fingerprint density at radius 2 is 1.59 bits per heavy atom. The fourth-order valence-electron chi connectivity index (χ4n) is 5.76. The first-order valence-corrected chi connectivity index (χ1v) is 18.6. The Balaban J connectivity index is 1.88. The lowest BCUT2D eigenvalue weighted by Crippen LogP contribution is -2.41. The molecule has 1 aromatic carbocycles. The van der Waals surface area contributed by atoms with Crippen LogP contribution in [0, 0.1) is 12.3 Å². The molecule has 1 heterocycles. The molecule has 0 N–H and O–H groups in total. The minimum absolute atomic E-state index is 0.225. The van der Waals surface area contributed by atoms with Gasteiger partial charge in [0.1, 0.15) is 11.5 Å². The summed E-state index contributed by atoms with van der Waals surface area (Å²) in [6.45, 7) is 24.0.